The Labute approximate surface area is 102 Å². The highest BCUT2D eigenvalue weighted by atomic mass is 16.5. The van der Waals surface area contributed by atoms with Crippen molar-refractivity contribution in [1.82, 2.24) is 15.0 Å². The van der Waals surface area contributed by atoms with Crippen molar-refractivity contribution in [2.24, 2.45) is 0 Å². The van der Waals surface area contributed by atoms with Gasteiger partial charge in [0.05, 0.1) is 6.10 Å². The van der Waals surface area contributed by atoms with Crippen molar-refractivity contribution in [3.8, 4) is 6.01 Å². The van der Waals surface area contributed by atoms with E-state index in [9.17, 15) is 0 Å². The second-order valence-electron chi connectivity index (χ2n) is 3.83. The molecule has 6 nitrogen and oxygen atoms in total. The van der Waals surface area contributed by atoms with Gasteiger partial charge >= 0.3 is 6.01 Å². The molecule has 0 unspecified atom stereocenters. The summed E-state index contributed by atoms with van der Waals surface area (Å²) >= 11 is 0. The first-order valence-electron chi connectivity index (χ1n) is 5.96. The van der Waals surface area contributed by atoms with Crippen molar-refractivity contribution >= 4 is 11.9 Å². The van der Waals surface area contributed by atoms with Gasteiger partial charge in [-0.15, -0.1) is 0 Å². The van der Waals surface area contributed by atoms with E-state index in [2.05, 4.69) is 39.0 Å². The van der Waals surface area contributed by atoms with Gasteiger partial charge in [-0.05, 0) is 27.7 Å². The Kier molecular flexibility index (Phi) is 4.93. The second kappa shape index (κ2) is 6.22. The average molecular weight is 239 g/mol. The first kappa shape index (κ1) is 13.5. The predicted octanol–water partition coefficient (Wildman–Crippen LogP) is 1.55. The molecule has 0 aliphatic rings. The summed E-state index contributed by atoms with van der Waals surface area (Å²) in [6.07, 6.45) is 0.0478. The number of hydrogen-bond donors (Lipinski definition) is 1. The maximum absolute atomic E-state index is 5.51. The third kappa shape index (κ3) is 3.72. The Bertz CT molecular complexity index is 352. The van der Waals surface area contributed by atoms with Crippen LogP contribution in [0.15, 0.2) is 0 Å². The average Bonchev–Trinajstić information content (AvgIpc) is 2.29. The minimum absolute atomic E-state index is 0.0478. The smallest absolute Gasteiger partial charge is 0.323 e. The van der Waals surface area contributed by atoms with Gasteiger partial charge in [0, 0.05) is 20.1 Å². The van der Waals surface area contributed by atoms with Gasteiger partial charge in [0.15, 0.2) is 0 Å². The van der Waals surface area contributed by atoms with Gasteiger partial charge < -0.3 is 15.0 Å². The molecule has 0 amide bonds. The first-order chi connectivity index (χ1) is 8.10. The molecule has 0 bridgehead atoms. The second-order valence-corrected chi connectivity index (χ2v) is 3.83. The molecule has 0 fully saturated rings. The molecule has 1 heterocycles. The van der Waals surface area contributed by atoms with Crippen LogP contribution in [-0.2, 0) is 0 Å². The summed E-state index contributed by atoms with van der Waals surface area (Å²) in [6.45, 7) is 9.72. The number of rotatable bonds is 6. The lowest BCUT2D eigenvalue weighted by Crippen LogP contribution is -2.25. The number of anilines is 2. The number of nitrogens with zero attached hydrogens (tertiary/aromatic N) is 4. The predicted molar refractivity (Wildman–Crippen MR) is 68.7 cm³/mol. The topological polar surface area (TPSA) is 63.2 Å². The zero-order valence-electron chi connectivity index (χ0n) is 11.2. The third-order valence-electron chi connectivity index (χ3n) is 2.21. The quantitative estimate of drug-likeness (QED) is 0.812. The normalized spacial score (nSPS) is 10.5. The Morgan fingerprint density at radius 1 is 1.18 bits per heavy atom. The summed E-state index contributed by atoms with van der Waals surface area (Å²) in [5.74, 6) is 1.17. The van der Waals surface area contributed by atoms with Crippen LogP contribution in [0.3, 0.4) is 0 Å². The summed E-state index contributed by atoms with van der Waals surface area (Å²) in [6, 6.07) is 0.362. The Morgan fingerprint density at radius 3 is 2.29 bits per heavy atom. The fourth-order valence-electron chi connectivity index (χ4n) is 1.37. The molecule has 0 saturated carbocycles. The van der Waals surface area contributed by atoms with Crippen LogP contribution in [0.2, 0.25) is 0 Å². The maximum atomic E-state index is 5.51. The van der Waals surface area contributed by atoms with Gasteiger partial charge in [-0.1, -0.05) is 0 Å². The standard InChI is InChI=1S/C11H21N5O/c1-6-16(7-2)10-13-9(12-5)14-11(15-10)17-8(3)4/h8H,6-7H2,1-5H3,(H,12,13,14,15). The molecular formula is C11H21N5O. The molecule has 1 aromatic heterocycles. The van der Waals surface area contributed by atoms with Crippen molar-refractivity contribution in [2.45, 2.75) is 33.8 Å². The number of nitrogens with one attached hydrogen (secondary N) is 1. The van der Waals surface area contributed by atoms with Gasteiger partial charge in [0.2, 0.25) is 11.9 Å². The summed E-state index contributed by atoms with van der Waals surface area (Å²) < 4.78 is 5.51. The molecule has 1 rings (SSSR count). The van der Waals surface area contributed by atoms with Crippen molar-refractivity contribution in [2.75, 3.05) is 30.4 Å². The van der Waals surface area contributed by atoms with Crippen LogP contribution in [-0.4, -0.2) is 41.2 Å². The molecule has 1 N–H and O–H groups in total. The Hall–Kier alpha value is -1.59. The van der Waals surface area contributed by atoms with Crippen molar-refractivity contribution in [3.05, 3.63) is 0 Å². The van der Waals surface area contributed by atoms with E-state index in [1.54, 1.807) is 7.05 Å². The lowest BCUT2D eigenvalue weighted by Gasteiger charge is -2.19. The molecule has 0 atom stereocenters. The van der Waals surface area contributed by atoms with Gasteiger partial charge in [-0.3, -0.25) is 0 Å². The van der Waals surface area contributed by atoms with Crippen LogP contribution in [0, 0.1) is 0 Å². The largest absolute Gasteiger partial charge is 0.461 e. The van der Waals surface area contributed by atoms with E-state index >= 15 is 0 Å². The van der Waals surface area contributed by atoms with E-state index in [0.29, 0.717) is 17.9 Å². The van der Waals surface area contributed by atoms with E-state index in [4.69, 9.17) is 4.74 Å². The van der Waals surface area contributed by atoms with E-state index in [1.165, 1.54) is 0 Å². The molecule has 1 aromatic rings. The highest BCUT2D eigenvalue weighted by Crippen LogP contribution is 2.15. The van der Waals surface area contributed by atoms with Crippen LogP contribution in [0.25, 0.3) is 0 Å². The highest BCUT2D eigenvalue weighted by molar-refractivity contribution is 5.37. The SMILES string of the molecule is CCN(CC)c1nc(NC)nc(OC(C)C)n1. The van der Waals surface area contributed by atoms with Crippen LogP contribution in [0.1, 0.15) is 27.7 Å². The first-order valence-corrected chi connectivity index (χ1v) is 5.96. The van der Waals surface area contributed by atoms with Crippen LogP contribution < -0.4 is 15.0 Å². The minimum atomic E-state index is 0.0478. The fraction of sp³-hybridized carbons (Fsp3) is 0.727. The lowest BCUT2D eigenvalue weighted by molar-refractivity contribution is 0.222. The van der Waals surface area contributed by atoms with E-state index in [0.717, 1.165) is 13.1 Å². The van der Waals surface area contributed by atoms with E-state index in [-0.39, 0.29) is 6.10 Å². The van der Waals surface area contributed by atoms with Crippen molar-refractivity contribution < 1.29 is 4.74 Å². The maximum Gasteiger partial charge on any atom is 0.323 e. The lowest BCUT2D eigenvalue weighted by atomic mass is 10.5. The molecule has 0 aliphatic carbocycles. The van der Waals surface area contributed by atoms with E-state index < -0.39 is 0 Å². The number of ether oxygens (including phenoxy) is 1. The summed E-state index contributed by atoms with van der Waals surface area (Å²) in [7, 11) is 1.78. The molecular weight excluding hydrogens is 218 g/mol. The van der Waals surface area contributed by atoms with E-state index in [1.807, 2.05) is 13.8 Å². The Balaban J connectivity index is 3.03. The van der Waals surface area contributed by atoms with Gasteiger partial charge in [0.25, 0.3) is 0 Å². The van der Waals surface area contributed by atoms with Crippen LogP contribution in [0.4, 0.5) is 11.9 Å². The fourth-order valence-corrected chi connectivity index (χ4v) is 1.37. The summed E-state index contributed by atoms with van der Waals surface area (Å²) in [5.41, 5.74) is 0. The third-order valence-corrected chi connectivity index (χ3v) is 2.21. The van der Waals surface area contributed by atoms with Gasteiger partial charge in [-0.2, -0.15) is 15.0 Å². The van der Waals surface area contributed by atoms with Crippen LogP contribution >= 0.6 is 0 Å². The van der Waals surface area contributed by atoms with Gasteiger partial charge in [-0.25, -0.2) is 0 Å². The molecule has 0 saturated heterocycles. The molecule has 0 aromatic carbocycles. The minimum Gasteiger partial charge on any atom is -0.461 e. The van der Waals surface area contributed by atoms with Gasteiger partial charge in [0.1, 0.15) is 0 Å². The zero-order valence-corrected chi connectivity index (χ0v) is 11.2. The summed E-state index contributed by atoms with van der Waals surface area (Å²) in [5, 5.41) is 2.92. The molecule has 0 spiro atoms. The number of hydrogen-bond acceptors (Lipinski definition) is 6. The molecule has 0 radical (unpaired) electrons. The highest BCUT2D eigenvalue weighted by Gasteiger charge is 2.11. The van der Waals surface area contributed by atoms with Crippen LogP contribution in [0.5, 0.6) is 6.01 Å². The van der Waals surface area contributed by atoms with Crippen molar-refractivity contribution in [3.63, 3.8) is 0 Å². The monoisotopic (exact) mass is 239 g/mol. The molecule has 96 valence electrons. The number of aromatic nitrogens is 3. The zero-order chi connectivity index (χ0) is 12.8. The molecule has 6 heteroatoms. The molecule has 0 aliphatic heterocycles. The van der Waals surface area contributed by atoms with Crippen molar-refractivity contribution in [1.29, 1.82) is 0 Å². The Morgan fingerprint density at radius 2 is 1.82 bits per heavy atom. The summed E-state index contributed by atoms with van der Waals surface area (Å²) in [4.78, 5) is 14.8. The molecule has 17 heavy (non-hydrogen) atoms.